The highest BCUT2D eigenvalue weighted by molar-refractivity contribution is 9.03. The van der Waals surface area contributed by atoms with Gasteiger partial charge in [0.05, 0.1) is 12.2 Å². The molecule has 0 aromatic heterocycles. The summed E-state index contributed by atoms with van der Waals surface area (Å²) in [7, 11) is 3.07. The Labute approximate surface area is 133 Å². The molecule has 0 unspecified atom stereocenters. The first-order valence-corrected chi connectivity index (χ1v) is 11.7. The summed E-state index contributed by atoms with van der Waals surface area (Å²) in [6, 6.07) is 7.65. The van der Waals surface area contributed by atoms with Crippen molar-refractivity contribution in [3.63, 3.8) is 0 Å². The number of halogens is 1. The maximum atomic E-state index is 5.86. The van der Waals surface area contributed by atoms with Crippen molar-refractivity contribution in [2.45, 2.75) is 44.8 Å². The highest BCUT2D eigenvalue weighted by atomic mass is 35.5. The molecule has 1 rings (SSSR count). The van der Waals surface area contributed by atoms with Gasteiger partial charge in [-0.05, 0) is 74.6 Å². The summed E-state index contributed by atoms with van der Waals surface area (Å²) in [6.07, 6.45) is 0.116. The van der Waals surface area contributed by atoms with Gasteiger partial charge >= 0.3 is 0 Å². The van der Waals surface area contributed by atoms with Crippen LogP contribution in [0, 0.1) is 0 Å². The van der Waals surface area contributed by atoms with Crippen LogP contribution >= 0.6 is 38.5 Å². The third kappa shape index (κ3) is 7.37. The standard InChI is InChI=1S/C12H18ClO2PS3/c1-9(2)14-16(17,15-10(3)4)19-18-12-7-5-11(13)6-8-12/h5-10H,1-4H3. The van der Waals surface area contributed by atoms with Crippen molar-refractivity contribution in [2.24, 2.45) is 0 Å². The highest BCUT2D eigenvalue weighted by Gasteiger charge is 2.24. The maximum absolute atomic E-state index is 5.86. The van der Waals surface area contributed by atoms with E-state index in [9.17, 15) is 0 Å². The van der Waals surface area contributed by atoms with Gasteiger partial charge in [0.2, 0.25) is 0 Å². The topological polar surface area (TPSA) is 18.5 Å². The SMILES string of the molecule is CC(C)OP(=S)(OC(C)C)SSc1ccc(Cl)cc1. The number of hydrogen-bond donors (Lipinski definition) is 0. The number of benzene rings is 1. The minimum absolute atomic E-state index is 0.0582. The number of hydrogen-bond acceptors (Lipinski definition) is 5. The monoisotopic (exact) mass is 356 g/mol. The van der Waals surface area contributed by atoms with Gasteiger partial charge in [0.1, 0.15) is 0 Å². The van der Waals surface area contributed by atoms with Crippen LogP contribution in [0.25, 0.3) is 0 Å². The molecule has 0 heterocycles. The first kappa shape index (κ1) is 17.8. The van der Waals surface area contributed by atoms with Gasteiger partial charge in [0, 0.05) is 20.3 Å². The second kappa shape index (κ2) is 8.28. The van der Waals surface area contributed by atoms with Crippen LogP contribution in [0.1, 0.15) is 27.7 Å². The number of rotatable bonds is 7. The zero-order chi connectivity index (χ0) is 14.5. The molecular formula is C12H18ClO2PS3. The zero-order valence-electron chi connectivity index (χ0n) is 11.3. The van der Waals surface area contributed by atoms with E-state index < -0.39 is 5.69 Å². The lowest BCUT2D eigenvalue weighted by Gasteiger charge is -2.24. The van der Waals surface area contributed by atoms with E-state index in [0.717, 1.165) is 9.92 Å². The Kier molecular flexibility index (Phi) is 7.77. The molecule has 1 aromatic carbocycles. The second-order valence-electron chi connectivity index (χ2n) is 4.37. The van der Waals surface area contributed by atoms with Gasteiger partial charge in [-0.15, -0.1) is 0 Å². The molecule has 108 valence electrons. The fraction of sp³-hybridized carbons (Fsp3) is 0.500. The van der Waals surface area contributed by atoms with E-state index in [1.807, 2.05) is 52.0 Å². The lowest BCUT2D eigenvalue weighted by molar-refractivity contribution is 0.186. The van der Waals surface area contributed by atoms with E-state index in [1.165, 1.54) is 10.4 Å². The van der Waals surface area contributed by atoms with E-state index in [2.05, 4.69) is 0 Å². The van der Waals surface area contributed by atoms with Crippen LogP contribution in [0.4, 0.5) is 0 Å². The molecule has 7 heteroatoms. The van der Waals surface area contributed by atoms with Gasteiger partial charge in [-0.25, -0.2) is 0 Å². The van der Waals surface area contributed by atoms with E-state index in [-0.39, 0.29) is 12.2 Å². The molecule has 0 saturated carbocycles. The van der Waals surface area contributed by atoms with Gasteiger partial charge < -0.3 is 9.05 Å². The van der Waals surface area contributed by atoms with Gasteiger partial charge in [0.15, 0.2) is 0 Å². The van der Waals surface area contributed by atoms with Crippen LogP contribution in [0.2, 0.25) is 5.02 Å². The third-order valence-corrected chi connectivity index (χ3v) is 10.4. The van der Waals surface area contributed by atoms with Crippen LogP contribution in [0.5, 0.6) is 0 Å². The summed E-state index contributed by atoms with van der Waals surface area (Å²) in [4.78, 5) is 1.09. The van der Waals surface area contributed by atoms with E-state index in [4.69, 9.17) is 32.5 Å². The molecule has 0 radical (unpaired) electrons. The molecular weight excluding hydrogens is 339 g/mol. The van der Waals surface area contributed by atoms with Gasteiger partial charge in [-0.3, -0.25) is 0 Å². The van der Waals surface area contributed by atoms with Crippen molar-refractivity contribution in [1.82, 2.24) is 0 Å². The zero-order valence-corrected chi connectivity index (χ0v) is 15.4. The molecule has 0 aliphatic carbocycles. The summed E-state index contributed by atoms with van der Waals surface area (Å²) in [5.41, 5.74) is -2.33. The predicted molar refractivity (Wildman–Crippen MR) is 91.6 cm³/mol. The van der Waals surface area contributed by atoms with E-state index >= 15 is 0 Å². The van der Waals surface area contributed by atoms with Crippen LogP contribution in [0.3, 0.4) is 0 Å². The average Bonchev–Trinajstić information content (AvgIpc) is 2.26. The van der Waals surface area contributed by atoms with Crippen LogP contribution in [0.15, 0.2) is 29.2 Å². The summed E-state index contributed by atoms with van der Waals surface area (Å²) in [5, 5.41) is 0.727. The van der Waals surface area contributed by atoms with Crippen molar-refractivity contribution in [3.8, 4) is 0 Å². The Hall–Kier alpha value is 0.780. The van der Waals surface area contributed by atoms with Crippen molar-refractivity contribution in [3.05, 3.63) is 29.3 Å². The largest absolute Gasteiger partial charge is 0.318 e. The lowest BCUT2D eigenvalue weighted by Crippen LogP contribution is -2.05. The molecule has 0 saturated heterocycles. The Morgan fingerprint density at radius 1 is 1.05 bits per heavy atom. The average molecular weight is 357 g/mol. The molecule has 0 fully saturated rings. The fourth-order valence-corrected chi connectivity index (χ4v) is 9.05. The minimum atomic E-state index is -2.33. The molecule has 0 N–H and O–H groups in total. The van der Waals surface area contributed by atoms with Crippen LogP contribution in [-0.4, -0.2) is 12.2 Å². The molecule has 0 spiro atoms. The van der Waals surface area contributed by atoms with Crippen LogP contribution < -0.4 is 0 Å². The Morgan fingerprint density at radius 3 is 1.95 bits per heavy atom. The molecule has 19 heavy (non-hydrogen) atoms. The normalized spacial score (nSPS) is 12.4. The second-order valence-corrected chi connectivity index (χ2v) is 12.8. The van der Waals surface area contributed by atoms with E-state index in [1.54, 1.807) is 10.8 Å². The van der Waals surface area contributed by atoms with Crippen molar-refractivity contribution < 1.29 is 9.05 Å². The first-order chi connectivity index (χ1) is 8.81. The molecule has 0 aliphatic rings. The summed E-state index contributed by atoms with van der Waals surface area (Å²) in [6.45, 7) is 7.88. The van der Waals surface area contributed by atoms with Crippen LogP contribution in [-0.2, 0) is 20.9 Å². The molecule has 2 nitrogen and oxygen atoms in total. The van der Waals surface area contributed by atoms with Crippen molar-refractivity contribution in [1.29, 1.82) is 0 Å². The van der Waals surface area contributed by atoms with Crippen molar-refractivity contribution in [2.75, 3.05) is 0 Å². The first-order valence-electron chi connectivity index (χ1n) is 5.89. The molecule has 0 aliphatic heterocycles. The summed E-state index contributed by atoms with van der Waals surface area (Å²) in [5.74, 6) is 0. The van der Waals surface area contributed by atoms with Gasteiger partial charge in [-0.2, -0.15) is 0 Å². The van der Waals surface area contributed by atoms with Gasteiger partial charge in [0.25, 0.3) is 5.69 Å². The molecule has 1 aromatic rings. The van der Waals surface area contributed by atoms with E-state index in [0.29, 0.717) is 0 Å². The molecule has 0 atom stereocenters. The fourth-order valence-electron chi connectivity index (χ4n) is 1.16. The summed E-state index contributed by atoms with van der Waals surface area (Å²) >= 11 is 11.4. The molecule has 0 bridgehead atoms. The molecule has 0 amide bonds. The van der Waals surface area contributed by atoms with Crippen molar-refractivity contribution >= 4 is 50.3 Å². The predicted octanol–water partition coefficient (Wildman–Crippen LogP) is 6.15. The Morgan fingerprint density at radius 2 is 1.53 bits per heavy atom. The minimum Gasteiger partial charge on any atom is -0.318 e. The maximum Gasteiger partial charge on any atom is 0.258 e. The van der Waals surface area contributed by atoms with Gasteiger partial charge in [-0.1, -0.05) is 11.6 Å². The lowest BCUT2D eigenvalue weighted by atomic mass is 10.4. The smallest absolute Gasteiger partial charge is 0.258 e. The summed E-state index contributed by atoms with van der Waals surface area (Å²) < 4.78 is 11.6. The Bertz CT molecular complexity index is 423. The Balaban J connectivity index is 2.67. The highest BCUT2D eigenvalue weighted by Crippen LogP contribution is 2.68. The third-order valence-electron chi connectivity index (χ3n) is 1.72. The quantitative estimate of drug-likeness (QED) is 0.429.